The zero-order chi connectivity index (χ0) is 32.8. The maximum absolute atomic E-state index is 14.5. The number of phenolic OH excluding ortho intramolecular Hbond substituents is 1. The van der Waals surface area contributed by atoms with Gasteiger partial charge in [-0.3, -0.25) is 24.1 Å². The summed E-state index contributed by atoms with van der Waals surface area (Å²) >= 11 is 9.51. The predicted octanol–water partition coefficient (Wildman–Crippen LogP) is 4.06. The van der Waals surface area contributed by atoms with Gasteiger partial charge in [0.1, 0.15) is 11.6 Å². The molecule has 234 valence electrons. The molecular weight excluding hydrogens is 682 g/mol. The first-order chi connectivity index (χ1) is 21.8. The van der Waals surface area contributed by atoms with E-state index in [0.717, 1.165) is 15.9 Å². The highest BCUT2D eigenvalue weighted by molar-refractivity contribution is 9.10. The minimum Gasteiger partial charge on any atom is -0.508 e. The molecule has 46 heavy (non-hydrogen) atoms. The Labute approximate surface area is 276 Å². The molecule has 3 N–H and O–H groups in total. The van der Waals surface area contributed by atoms with E-state index in [0.29, 0.717) is 15.6 Å². The van der Waals surface area contributed by atoms with Gasteiger partial charge in [0, 0.05) is 16.0 Å². The number of amides is 4. The lowest BCUT2D eigenvalue weighted by molar-refractivity contribution is -0.131. The van der Waals surface area contributed by atoms with Crippen molar-refractivity contribution in [2.75, 3.05) is 9.80 Å². The Balaban J connectivity index is 1.37. The summed E-state index contributed by atoms with van der Waals surface area (Å²) in [6.07, 6.45) is 2.12. The van der Waals surface area contributed by atoms with Crippen LogP contribution in [0.2, 0.25) is 5.02 Å². The topological polar surface area (TPSA) is 135 Å². The summed E-state index contributed by atoms with van der Waals surface area (Å²) in [6, 6.07) is 14.3. The van der Waals surface area contributed by atoms with E-state index in [1.54, 1.807) is 25.1 Å². The van der Waals surface area contributed by atoms with Gasteiger partial charge in [0.15, 0.2) is 0 Å². The number of aromatic hydroxyl groups is 1. The second kappa shape index (κ2) is 10.9. The van der Waals surface area contributed by atoms with Gasteiger partial charge in [0.2, 0.25) is 23.6 Å². The fraction of sp³-hybridized carbons (Fsp3) is 0.273. The summed E-state index contributed by atoms with van der Waals surface area (Å²) in [5.74, 6) is -6.90. The number of halogens is 3. The van der Waals surface area contributed by atoms with Crippen molar-refractivity contribution in [3.8, 4) is 5.75 Å². The van der Waals surface area contributed by atoms with E-state index >= 15 is 0 Å². The van der Waals surface area contributed by atoms with Crippen LogP contribution in [0.15, 0.2) is 76.8 Å². The predicted molar refractivity (Wildman–Crippen MR) is 171 cm³/mol. The van der Waals surface area contributed by atoms with E-state index in [1.165, 1.54) is 36.4 Å². The lowest BCUT2D eigenvalue weighted by Crippen LogP contribution is -2.49. The number of allylic oxidation sites excluding steroid dienone is 2. The smallest absolute Gasteiger partial charge is 0.488 e. The Morgan fingerprint density at radius 3 is 2.39 bits per heavy atom. The molecule has 3 fully saturated rings. The molecule has 2 aliphatic carbocycles. The largest absolute Gasteiger partial charge is 0.508 e. The van der Waals surface area contributed by atoms with E-state index < -0.39 is 71.6 Å². The van der Waals surface area contributed by atoms with Gasteiger partial charge in [-0.05, 0) is 79.7 Å². The van der Waals surface area contributed by atoms with Crippen LogP contribution in [0.4, 0.5) is 15.8 Å². The van der Waals surface area contributed by atoms with Crippen molar-refractivity contribution in [3.63, 3.8) is 0 Å². The Kier molecular flexibility index (Phi) is 7.28. The highest BCUT2D eigenvalue weighted by Crippen LogP contribution is 2.64. The normalized spacial score (nSPS) is 28.7. The molecule has 0 aromatic heterocycles. The molecule has 2 heterocycles. The summed E-state index contributed by atoms with van der Waals surface area (Å²) in [7, 11) is -1.80. The molecule has 9 nitrogen and oxygen atoms in total. The maximum atomic E-state index is 14.5. The van der Waals surface area contributed by atoms with Crippen LogP contribution in [0.25, 0.3) is 0 Å². The highest BCUT2D eigenvalue weighted by Gasteiger charge is 2.68. The van der Waals surface area contributed by atoms with E-state index in [2.05, 4.69) is 15.9 Å². The summed E-state index contributed by atoms with van der Waals surface area (Å²) in [4.78, 5) is 58.8. The first-order valence-electron chi connectivity index (χ1n) is 14.7. The quantitative estimate of drug-likeness (QED) is 0.212. The molecule has 6 unspecified atom stereocenters. The molecule has 3 aromatic carbocycles. The third kappa shape index (κ3) is 4.34. The average molecular weight is 708 g/mol. The number of carbonyl (C=O) groups is 4. The van der Waals surface area contributed by atoms with Crippen LogP contribution in [0, 0.1) is 34.9 Å². The van der Waals surface area contributed by atoms with Crippen molar-refractivity contribution in [1.29, 1.82) is 0 Å². The third-order valence-corrected chi connectivity index (χ3v) is 10.9. The molecule has 2 saturated heterocycles. The van der Waals surface area contributed by atoms with E-state index in [-0.39, 0.29) is 40.5 Å². The van der Waals surface area contributed by atoms with E-state index in [1.807, 2.05) is 6.08 Å². The monoisotopic (exact) mass is 706 g/mol. The number of carbonyl (C=O) groups excluding carboxylic acids is 4. The molecule has 1 saturated carbocycles. The highest BCUT2D eigenvalue weighted by atomic mass is 79.9. The molecule has 2 aliphatic heterocycles. The number of imide groups is 2. The number of benzene rings is 3. The fourth-order valence-corrected chi connectivity index (χ4v) is 8.62. The summed E-state index contributed by atoms with van der Waals surface area (Å²) in [5, 5.41) is 30.3. The van der Waals surface area contributed by atoms with E-state index in [9.17, 15) is 38.7 Å². The van der Waals surface area contributed by atoms with Gasteiger partial charge < -0.3 is 15.2 Å². The maximum Gasteiger partial charge on any atom is 0.488 e. The van der Waals surface area contributed by atoms with Gasteiger partial charge in [0.25, 0.3) is 0 Å². The summed E-state index contributed by atoms with van der Waals surface area (Å²) < 4.78 is 14.7. The number of fused-ring (bicyclic) bond motifs is 4. The van der Waals surface area contributed by atoms with Gasteiger partial charge in [-0.2, -0.15) is 0 Å². The number of hydrogen-bond acceptors (Lipinski definition) is 7. The second-order valence-corrected chi connectivity index (χ2v) is 13.8. The zero-order valence-corrected chi connectivity index (χ0v) is 26.6. The second-order valence-electron chi connectivity index (χ2n) is 12.4. The van der Waals surface area contributed by atoms with Crippen molar-refractivity contribution >= 4 is 75.1 Å². The molecule has 4 aliphatic rings. The number of nitrogens with zero attached hydrogens (tertiary/aromatic N) is 2. The molecule has 4 amide bonds. The minimum absolute atomic E-state index is 0.0764. The third-order valence-electron chi connectivity index (χ3n) is 10.2. The molecule has 0 bridgehead atoms. The molecule has 0 spiro atoms. The van der Waals surface area contributed by atoms with E-state index in [4.69, 9.17) is 11.6 Å². The van der Waals surface area contributed by atoms with Crippen LogP contribution < -0.4 is 15.3 Å². The lowest BCUT2D eigenvalue weighted by atomic mass is 9.51. The minimum atomic E-state index is -1.80. The summed E-state index contributed by atoms with van der Waals surface area (Å²) in [5.41, 5.74) is 0.0629. The first-order valence-corrected chi connectivity index (χ1v) is 15.9. The number of hydrogen-bond donors (Lipinski definition) is 3. The average Bonchev–Trinajstić information content (AvgIpc) is 3.39. The standard InChI is InChI=1S/C33H26BBrClFN2O7/c1-33-23(30(42)39(32(33)44)18-6-9-25(37)24(36)13-18)14-21-19(28(33)22-12-16(35)5-10-26(22)40)7-8-20-27(21)31(43)38(29(20)41)17-4-2-3-15(11-17)34(45)46/h2-7,9-13,20-21,23,27-28,40,45-46H,8,14H2,1H3. The van der Waals surface area contributed by atoms with Crippen molar-refractivity contribution in [2.24, 2.45) is 29.1 Å². The van der Waals surface area contributed by atoms with Crippen molar-refractivity contribution < 1.29 is 38.7 Å². The van der Waals surface area contributed by atoms with Gasteiger partial charge in [-0.25, -0.2) is 9.29 Å². The molecule has 7 rings (SSSR count). The van der Waals surface area contributed by atoms with Gasteiger partial charge >= 0.3 is 7.12 Å². The fourth-order valence-electron chi connectivity index (χ4n) is 8.07. The van der Waals surface area contributed by atoms with Crippen LogP contribution in [0.5, 0.6) is 5.75 Å². The zero-order valence-electron chi connectivity index (χ0n) is 24.2. The van der Waals surface area contributed by atoms with Gasteiger partial charge in [-0.1, -0.05) is 51.3 Å². The molecule has 3 aromatic rings. The Hall–Kier alpha value is -3.84. The van der Waals surface area contributed by atoms with Crippen molar-refractivity contribution in [1.82, 2.24) is 0 Å². The number of phenols is 1. The summed E-state index contributed by atoms with van der Waals surface area (Å²) in [6.45, 7) is 1.68. The van der Waals surface area contributed by atoms with Crippen LogP contribution >= 0.6 is 27.5 Å². The lowest BCUT2D eigenvalue weighted by Gasteiger charge is -2.49. The molecule has 13 heteroatoms. The molecular formula is C33H26BBrClFN2O7. The number of rotatable bonds is 4. The Morgan fingerprint density at radius 1 is 0.935 bits per heavy atom. The van der Waals surface area contributed by atoms with Crippen LogP contribution in [0.1, 0.15) is 31.2 Å². The van der Waals surface area contributed by atoms with Crippen LogP contribution in [0.3, 0.4) is 0 Å². The Bertz CT molecular complexity index is 1910. The Morgan fingerprint density at radius 2 is 1.67 bits per heavy atom. The van der Waals surface area contributed by atoms with Crippen LogP contribution in [-0.2, 0) is 19.2 Å². The molecule has 6 atom stereocenters. The van der Waals surface area contributed by atoms with Crippen LogP contribution in [-0.4, -0.2) is 45.9 Å². The number of anilines is 2. The SMILES string of the molecule is CC12C(=O)N(c3ccc(F)c(Cl)c3)C(=O)C1CC1C(=CCC3C(=O)N(c4cccc(B(O)O)c4)C(=O)C31)C2c1cc(Br)ccc1O. The first kappa shape index (κ1) is 30.8. The van der Waals surface area contributed by atoms with Crippen molar-refractivity contribution in [2.45, 2.75) is 25.7 Å². The molecule has 0 radical (unpaired) electrons. The van der Waals surface area contributed by atoms with Crippen molar-refractivity contribution in [3.05, 3.63) is 93.2 Å². The van der Waals surface area contributed by atoms with Gasteiger partial charge in [-0.15, -0.1) is 0 Å². The van der Waals surface area contributed by atoms with Gasteiger partial charge in [0.05, 0.1) is 39.6 Å².